The summed E-state index contributed by atoms with van der Waals surface area (Å²) in [5, 5.41) is 9.98. The average molecular weight is 266 g/mol. The van der Waals surface area contributed by atoms with Crippen molar-refractivity contribution in [1.82, 2.24) is 20.8 Å². The van der Waals surface area contributed by atoms with Gasteiger partial charge in [-0.05, 0) is 19.8 Å². The van der Waals surface area contributed by atoms with Crippen molar-refractivity contribution in [3.63, 3.8) is 0 Å². The van der Waals surface area contributed by atoms with E-state index in [2.05, 4.69) is 20.8 Å². The molecule has 6 heteroatoms. The van der Waals surface area contributed by atoms with E-state index in [0.29, 0.717) is 24.3 Å². The molecule has 0 spiro atoms. The number of carbonyl (C=O) groups excluding carboxylic acids is 1. The SMILES string of the molecule is Cc1nc(CNC(C)C(=O)NC2CCCCC2)no1. The Labute approximate surface area is 113 Å². The summed E-state index contributed by atoms with van der Waals surface area (Å²) in [6.07, 6.45) is 5.92. The molecule has 1 amide bonds. The zero-order valence-corrected chi connectivity index (χ0v) is 11.6. The van der Waals surface area contributed by atoms with Crippen LogP contribution in [0.4, 0.5) is 0 Å². The van der Waals surface area contributed by atoms with E-state index in [1.165, 1.54) is 19.3 Å². The fourth-order valence-corrected chi connectivity index (χ4v) is 2.32. The lowest BCUT2D eigenvalue weighted by Gasteiger charge is -2.24. The predicted molar refractivity (Wildman–Crippen MR) is 70.4 cm³/mol. The Morgan fingerprint density at radius 1 is 1.42 bits per heavy atom. The van der Waals surface area contributed by atoms with E-state index in [1.54, 1.807) is 6.92 Å². The highest BCUT2D eigenvalue weighted by atomic mass is 16.5. The van der Waals surface area contributed by atoms with Crippen LogP contribution in [0.2, 0.25) is 0 Å². The molecule has 0 radical (unpaired) electrons. The number of hydrogen-bond donors (Lipinski definition) is 2. The fourth-order valence-electron chi connectivity index (χ4n) is 2.32. The second kappa shape index (κ2) is 6.65. The number of nitrogens with one attached hydrogen (secondary N) is 2. The molecule has 0 bridgehead atoms. The van der Waals surface area contributed by atoms with Gasteiger partial charge in [0.15, 0.2) is 5.82 Å². The van der Waals surface area contributed by atoms with Crippen molar-refractivity contribution in [3.05, 3.63) is 11.7 Å². The summed E-state index contributed by atoms with van der Waals surface area (Å²) in [7, 11) is 0. The number of aryl methyl sites for hydroxylation is 1. The second-order valence-corrected chi connectivity index (χ2v) is 5.18. The van der Waals surface area contributed by atoms with Crippen molar-refractivity contribution < 1.29 is 9.32 Å². The summed E-state index contributed by atoms with van der Waals surface area (Å²) in [4.78, 5) is 16.1. The molecule has 1 unspecified atom stereocenters. The molecule has 1 heterocycles. The second-order valence-electron chi connectivity index (χ2n) is 5.18. The van der Waals surface area contributed by atoms with Crippen molar-refractivity contribution in [3.8, 4) is 0 Å². The van der Waals surface area contributed by atoms with Crippen molar-refractivity contribution in [2.45, 2.75) is 64.6 Å². The summed E-state index contributed by atoms with van der Waals surface area (Å²) < 4.78 is 4.88. The zero-order valence-electron chi connectivity index (χ0n) is 11.6. The van der Waals surface area contributed by atoms with E-state index >= 15 is 0 Å². The molecule has 1 aliphatic carbocycles. The van der Waals surface area contributed by atoms with Gasteiger partial charge in [0.1, 0.15) is 0 Å². The minimum absolute atomic E-state index is 0.0483. The van der Waals surface area contributed by atoms with Crippen LogP contribution in [-0.4, -0.2) is 28.1 Å². The van der Waals surface area contributed by atoms with Gasteiger partial charge in [0.2, 0.25) is 11.8 Å². The molecule has 1 saturated carbocycles. The number of carbonyl (C=O) groups is 1. The molecule has 0 aromatic carbocycles. The van der Waals surface area contributed by atoms with Crippen LogP contribution in [0.25, 0.3) is 0 Å². The van der Waals surface area contributed by atoms with Crippen LogP contribution in [0.15, 0.2) is 4.52 Å². The lowest BCUT2D eigenvalue weighted by molar-refractivity contribution is -0.123. The molecular formula is C13H22N4O2. The van der Waals surface area contributed by atoms with E-state index in [1.807, 2.05) is 6.92 Å². The molecule has 0 aliphatic heterocycles. The van der Waals surface area contributed by atoms with Crippen molar-refractivity contribution in [2.24, 2.45) is 0 Å². The van der Waals surface area contributed by atoms with Crippen LogP contribution < -0.4 is 10.6 Å². The quantitative estimate of drug-likeness (QED) is 0.840. The first kappa shape index (κ1) is 14.0. The van der Waals surface area contributed by atoms with Crippen LogP contribution in [0.1, 0.15) is 50.7 Å². The third-order valence-electron chi connectivity index (χ3n) is 3.48. The summed E-state index contributed by atoms with van der Waals surface area (Å²) in [5.74, 6) is 1.16. The van der Waals surface area contributed by atoms with Gasteiger partial charge in [-0.15, -0.1) is 0 Å². The summed E-state index contributed by atoms with van der Waals surface area (Å²) in [5.41, 5.74) is 0. The topological polar surface area (TPSA) is 80.0 Å². The third kappa shape index (κ3) is 4.31. The van der Waals surface area contributed by atoms with Gasteiger partial charge in [-0.25, -0.2) is 0 Å². The van der Waals surface area contributed by atoms with Crippen LogP contribution in [0, 0.1) is 6.92 Å². The van der Waals surface area contributed by atoms with Gasteiger partial charge in [-0.2, -0.15) is 4.98 Å². The first-order valence-electron chi connectivity index (χ1n) is 6.98. The Bertz CT molecular complexity index is 413. The van der Waals surface area contributed by atoms with Gasteiger partial charge in [0, 0.05) is 13.0 Å². The normalized spacial score (nSPS) is 18.2. The Kier molecular flexibility index (Phi) is 4.90. The van der Waals surface area contributed by atoms with Crippen molar-refractivity contribution in [1.29, 1.82) is 0 Å². The number of aromatic nitrogens is 2. The minimum atomic E-state index is -0.249. The van der Waals surface area contributed by atoms with Gasteiger partial charge in [-0.3, -0.25) is 10.1 Å². The lowest BCUT2D eigenvalue weighted by Crippen LogP contribution is -2.46. The first-order valence-corrected chi connectivity index (χ1v) is 6.98. The molecule has 2 N–H and O–H groups in total. The fraction of sp³-hybridized carbons (Fsp3) is 0.769. The average Bonchev–Trinajstić information content (AvgIpc) is 2.83. The minimum Gasteiger partial charge on any atom is -0.352 e. The zero-order chi connectivity index (χ0) is 13.7. The van der Waals surface area contributed by atoms with Gasteiger partial charge in [-0.1, -0.05) is 24.4 Å². The standard InChI is InChI=1S/C13H22N4O2/c1-9(14-8-12-15-10(2)19-17-12)13(18)16-11-6-4-3-5-7-11/h9,11,14H,3-8H2,1-2H3,(H,16,18). The molecule has 1 fully saturated rings. The smallest absolute Gasteiger partial charge is 0.237 e. The van der Waals surface area contributed by atoms with Crippen LogP contribution in [0.3, 0.4) is 0 Å². The molecule has 2 rings (SSSR count). The number of rotatable bonds is 5. The molecule has 1 aliphatic rings. The first-order chi connectivity index (χ1) is 9.15. The van der Waals surface area contributed by atoms with Crippen LogP contribution in [0.5, 0.6) is 0 Å². The van der Waals surface area contributed by atoms with Gasteiger partial charge in [0.25, 0.3) is 0 Å². The molecule has 6 nitrogen and oxygen atoms in total. The van der Waals surface area contributed by atoms with Crippen LogP contribution in [-0.2, 0) is 11.3 Å². The highest BCUT2D eigenvalue weighted by Crippen LogP contribution is 2.17. The summed E-state index contributed by atoms with van der Waals surface area (Å²) in [6, 6.07) is 0.0960. The van der Waals surface area contributed by atoms with Crippen LogP contribution >= 0.6 is 0 Å². The predicted octanol–water partition coefficient (Wildman–Crippen LogP) is 1.31. The highest BCUT2D eigenvalue weighted by Gasteiger charge is 2.19. The molecule has 0 saturated heterocycles. The van der Waals surface area contributed by atoms with Crippen molar-refractivity contribution in [2.75, 3.05) is 0 Å². The monoisotopic (exact) mass is 266 g/mol. The number of hydrogen-bond acceptors (Lipinski definition) is 5. The molecule has 1 aromatic rings. The molecular weight excluding hydrogens is 244 g/mol. The van der Waals surface area contributed by atoms with Gasteiger partial charge >= 0.3 is 0 Å². The van der Waals surface area contributed by atoms with Gasteiger partial charge < -0.3 is 9.84 Å². The Morgan fingerprint density at radius 3 is 2.79 bits per heavy atom. The molecule has 1 aromatic heterocycles. The molecule has 106 valence electrons. The Balaban J connectivity index is 1.72. The van der Waals surface area contributed by atoms with E-state index in [0.717, 1.165) is 12.8 Å². The van der Waals surface area contributed by atoms with E-state index < -0.39 is 0 Å². The molecule has 19 heavy (non-hydrogen) atoms. The largest absolute Gasteiger partial charge is 0.352 e. The van der Waals surface area contributed by atoms with E-state index in [-0.39, 0.29) is 11.9 Å². The summed E-state index contributed by atoms with van der Waals surface area (Å²) in [6.45, 7) is 4.04. The number of nitrogens with zero attached hydrogens (tertiary/aromatic N) is 2. The third-order valence-corrected chi connectivity index (χ3v) is 3.48. The van der Waals surface area contributed by atoms with E-state index in [9.17, 15) is 4.79 Å². The van der Waals surface area contributed by atoms with E-state index in [4.69, 9.17) is 4.52 Å². The highest BCUT2D eigenvalue weighted by molar-refractivity contribution is 5.81. The maximum absolute atomic E-state index is 12.0. The number of amides is 1. The van der Waals surface area contributed by atoms with Gasteiger partial charge in [0.05, 0.1) is 12.6 Å². The summed E-state index contributed by atoms with van der Waals surface area (Å²) >= 11 is 0. The van der Waals surface area contributed by atoms with Crippen molar-refractivity contribution >= 4 is 5.91 Å². The molecule has 1 atom stereocenters. The Hall–Kier alpha value is -1.43. The lowest BCUT2D eigenvalue weighted by atomic mass is 9.95. The Morgan fingerprint density at radius 2 is 2.16 bits per heavy atom. The maximum atomic E-state index is 12.0. The maximum Gasteiger partial charge on any atom is 0.237 e.